The molecule has 6 nitrogen and oxygen atoms in total. The number of hydrogen-bond acceptors (Lipinski definition) is 6. The fourth-order valence-electron chi connectivity index (χ4n) is 9.65. The van der Waals surface area contributed by atoms with Crippen LogP contribution in [0.2, 0.25) is 0 Å². The number of benzene rings is 6. The summed E-state index contributed by atoms with van der Waals surface area (Å²) in [5.41, 5.74) is 12.0. The van der Waals surface area contributed by atoms with Crippen LogP contribution in [0, 0.1) is 0 Å². The largest absolute Gasteiger partial charge is 0.497 e. The fourth-order valence-corrected chi connectivity index (χ4v) is 9.65. The summed E-state index contributed by atoms with van der Waals surface area (Å²) >= 11 is 0. The van der Waals surface area contributed by atoms with E-state index in [0.717, 1.165) is 70.0 Å². The van der Waals surface area contributed by atoms with Crippen LogP contribution >= 0.6 is 0 Å². The molecule has 0 aromatic heterocycles. The third-order valence-electron chi connectivity index (χ3n) is 13.1. The molecule has 0 aliphatic heterocycles. The summed E-state index contributed by atoms with van der Waals surface area (Å²) in [4.78, 5) is 4.76. The van der Waals surface area contributed by atoms with E-state index in [1.165, 1.54) is 99.3 Å². The highest BCUT2D eigenvalue weighted by molar-refractivity contribution is 5.88. The topological polar surface area (TPSA) is 43.4 Å². The molecule has 6 heteroatoms. The van der Waals surface area contributed by atoms with Gasteiger partial charge in [-0.25, -0.2) is 0 Å². The molecule has 0 radical (unpaired) electrons. The lowest BCUT2D eigenvalue weighted by Crippen LogP contribution is -2.26. The lowest BCUT2D eigenvalue weighted by Gasteiger charge is -2.35. The maximum Gasteiger partial charge on any atom is 0.119 e. The van der Waals surface area contributed by atoms with Gasteiger partial charge in [0.25, 0.3) is 0 Å². The first-order valence-electron chi connectivity index (χ1n) is 23.4. The van der Waals surface area contributed by atoms with Crippen molar-refractivity contribution in [3.63, 3.8) is 0 Å². The van der Waals surface area contributed by atoms with Crippen LogP contribution in [0.3, 0.4) is 0 Å². The molecule has 0 heterocycles. The lowest BCUT2D eigenvalue weighted by molar-refractivity contribution is 0.398. The second-order valence-corrected chi connectivity index (χ2v) is 17.0. The SMILES string of the molecule is CCCCCCCCC1(CCCCCCCC)c2cc(N(c3ccc(OC)cc3)c3ccc(OC)cc3)ccc2-c2ccc(N(c3ccc(OC)cc3)c3ccc(OC)cc3)cc21. The van der Waals surface area contributed by atoms with Crippen LogP contribution in [0.25, 0.3) is 11.1 Å². The van der Waals surface area contributed by atoms with E-state index in [9.17, 15) is 0 Å². The van der Waals surface area contributed by atoms with E-state index in [4.69, 9.17) is 18.9 Å². The average Bonchev–Trinajstić information content (AvgIpc) is 3.60. The van der Waals surface area contributed by atoms with Gasteiger partial charge in [0.2, 0.25) is 0 Å². The first-order valence-corrected chi connectivity index (χ1v) is 23.4. The van der Waals surface area contributed by atoms with Crippen LogP contribution in [-0.2, 0) is 5.41 Å². The molecule has 7 rings (SSSR count). The summed E-state index contributed by atoms with van der Waals surface area (Å²) in [6.45, 7) is 4.61. The van der Waals surface area contributed by atoms with E-state index in [2.05, 4.69) is 157 Å². The summed E-state index contributed by atoms with van der Waals surface area (Å²) in [6.07, 6.45) is 17.4. The van der Waals surface area contributed by atoms with Crippen LogP contribution < -0.4 is 28.7 Å². The van der Waals surface area contributed by atoms with Crippen LogP contribution in [0.5, 0.6) is 23.0 Å². The van der Waals surface area contributed by atoms with Crippen LogP contribution in [0.4, 0.5) is 34.1 Å². The van der Waals surface area contributed by atoms with Crippen molar-refractivity contribution in [2.24, 2.45) is 0 Å². The van der Waals surface area contributed by atoms with Gasteiger partial charge in [0.1, 0.15) is 23.0 Å². The number of nitrogens with zero attached hydrogens (tertiary/aromatic N) is 2. The Kier molecular flexibility index (Phi) is 15.7. The number of anilines is 6. The molecule has 0 atom stereocenters. The second-order valence-electron chi connectivity index (χ2n) is 17.0. The maximum atomic E-state index is 5.60. The van der Waals surface area contributed by atoms with Gasteiger partial charge >= 0.3 is 0 Å². The van der Waals surface area contributed by atoms with Crippen molar-refractivity contribution < 1.29 is 18.9 Å². The van der Waals surface area contributed by atoms with Crippen molar-refractivity contribution in [1.82, 2.24) is 0 Å². The number of unbranched alkanes of at least 4 members (excludes halogenated alkanes) is 10. The number of hydrogen-bond donors (Lipinski definition) is 0. The highest BCUT2D eigenvalue weighted by atomic mass is 16.5. The first kappa shape index (κ1) is 45.2. The monoisotopic (exact) mass is 845 g/mol. The van der Waals surface area contributed by atoms with Crippen molar-refractivity contribution in [3.05, 3.63) is 145 Å². The molecule has 0 saturated carbocycles. The Bertz CT molecular complexity index is 2060. The molecule has 0 amide bonds. The zero-order valence-corrected chi connectivity index (χ0v) is 38.6. The normalized spacial score (nSPS) is 12.3. The van der Waals surface area contributed by atoms with E-state index in [1.807, 2.05) is 0 Å². The van der Waals surface area contributed by atoms with E-state index in [-0.39, 0.29) is 5.41 Å². The standard InChI is InChI=1S/C57H68N2O4/c1-7-9-11-13-15-17-39-57(40-18-16-14-12-10-8-2)55-41-47(58(43-19-29-49(60-3)30-20-43)44-21-31-50(61-4)32-22-44)27-37-53(55)54-38-28-48(42-56(54)57)59(45-23-33-51(62-5)34-24-45)46-25-35-52(63-6)36-26-46/h19-38,41-42H,7-18,39-40H2,1-6H3. The molecule has 330 valence electrons. The fraction of sp³-hybridized carbons (Fsp3) is 0.368. The molecule has 1 aliphatic rings. The van der Waals surface area contributed by atoms with Gasteiger partial charge in [-0.1, -0.05) is 103 Å². The number of methoxy groups -OCH3 is 4. The van der Waals surface area contributed by atoms with Gasteiger partial charge in [0.15, 0.2) is 0 Å². The molecule has 0 N–H and O–H groups in total. The van der Waals surface area contributed by atoms with Gasteiger partial charge in [-0.2, -0.15) is 0 Å². The smallest absolute Gasteiger partial charge is 0.119 e. The first-order chi connectivity index (χ1) is 31.0. The second kappa shape index (κ2) is 22.0. The third-order valence-corrected chi connectivity index (χ3v) is 13.1. The van der Waals surface area contributed by atoms with E-state index >= 15 is 0 Å². The molecule has 0 bridgehead atoms. The maximum absolute atomic E-state index is 5.60. The molecule has 1 aliphatic carbocycles. The molecule has 63 heavy (non-hydrogen) atoms. The van der Waals surface area contributed by atoms with Crippen molar-refractivity contribution in [2.75, 3.05) is 38.2 Å². The third kappa shape index (κ3) is 10.3. The Balaban J connectivity index is 1.40. The molecule has 0 saturated heterocycles. The predicted molar refractivity (Wildman–Crippen MR) is 264 cm³/mol. The summed E-state index contributed by atoms with van der Waals surface area (Å²) in [5, 5.41) is 0. The zero-order chi connectivity index (χ0) is 44.0. The van der Waals surface area contributed by atoms with Crippen LogP contribution in [0.15, 0.2) is 133 Å². The minimum atomic E-state index is -0.164. The van der Waals surface area contributed by atoms with Gasteiger partial charge in [0.05, 0.1) is 28.4 Å². The highest BCUT2D eigenvalue weighted by Crippen LogP contribution is 2.57. The van der Waals surface area contributed by atoms with Gasteiger partial charge < -0.3 is 28.7 Å². The summed E-state index contributed by atoms with van der Waals surface area (Å²) in [6, 6.07) is 48.2. The Morgan fingerprint density at radius 3 is 0.889 bits per heavy atom. The summed E-state index contributed by atoms with van der Waals surface area (Å²) in [5.74, 6) is 3.35. The van der Waals surface area contributed by atoms with Gasteiger partial charge in [0, 0.05) is 39.5 Å². The van der Waals surface area contributed by atoms with Crippen LogP contribution in [0.1, 0.15) is 115 Å². The summed E-state index contributed by atoms with van der Waals surface area (Å²) in [7, 11) is 6.89. The number of rotatable bonds is 24. The van der Waals surface area contributed by atoms with Crippen molar-refractivity contribution in [3.8, 4) is 34.1 Å². The lowest BCUT2D eigenvalue weighted by atomic mass is 9.70. The minimum Gasteiger partial charge on any atom is -0.497 e. The molecular weight excluding hydrogens is 777 g/mol. The molecule has 6 aromatic rings. The molecule has 0 spiro atoms. The minimum absolute atomic E-state index is 0.164. The molecule has 0 unspecified atom stereocenters. The molecule has 0 fully saturated rings. The predicted octanol–water partition coefficient (Wildman–Crippen LogP) is 16.4. The van der Waals surface area contributed by atoms with Gasteiger partial charge in [-0.05, 0) is 156 Å². The zero-order valence-electron chi connectivity index (χ0n) is 38.6. The Labute approximate surface area is 377 Å². The number of ether oxygens (including phenoxy) is 4. The van der Waals surface area contributed by atoms with Crippen LogP contribution in [-0.4, -0.2) is 28.4 Å². The number of fused-ring (bicyclic) bond motifs is 3. The van der Waals surface area contributed by atoms with Gasteiger partial charge in [-0.3, -0.25) is 0 Å². The van der Waals surface area contributed by atoms with E-state index in [1.54, 1.807) is 28.4 Å². The quantitative estimate of drug-likeness (QED) is 0.0566. The van der Waals surface area contributed by atoms with Crippen molar-refractivity contribution >= 4 is 34.1 Å². The van der Waals surface area contributed by atoms with Crippen molar-refractivity contribution in [1.29, 1.82) is 0 Å². The Morgan fingerprint density at radius 2 is 0.603 bits per heavy atom. The van der Waals surface area contributed by atoms with E-state index < -0.39 is 0 Å². The Morgan fingerprint density at radius 1 is 0.333 bits per heavy atom. The average molecular weight is 845 g/mol. The van der Waals surface area contributed by atoms with E-state index in [0.29, 0.717) is 0 Å². The Hall–Kier alpha value is -5.88. The molecule has 6 aromatic carbocycles. The highest BCUT2D eigenvalue weighted by Gasteiger charge is 2.43. The van der Waals surface area contributed by atoms with Crippen molar-refractivity contribution in [2.45, 2.75) is 109 Å². The molecular formula is C57H68N2O4. The summed E-state index contributed by atoms with van der Waals surface area (Å²) < 4.78 is 22.4. The van der Waals surface area contributed by atoms with Gasteiger partial charge in [-0.15, -0.1) is 0 Å².